The molecule has 0 bridgehead atoms. The highest BCUT2D eigenvalue weighted by Gasteiger charge is 2.27. The molecule has 1 aromatic rings. The summed E-state index contributed by atoms with van der Waals surface area (Å²) in [6, 6.07) is 2.63. The van der Waals surface area contributed by atoms with Gasteiger partial charge >= 0.3 is 0 Å². The zero-order valence-electron chi connectivity index (χ0n) is 15.4. The van der Waals surface area contributed by atoms with Gasteiger partial charge in [-0.15, -0.1) is 0 Å². The quantitative estimate of drug-likeness (QED) is 0.431. The Morgan fingerprint density at radius 2 is 1.88 bits per heavy atom. The molecule has 0 spiro atoms. The van der Waals surface area contributed by atoms with E-state index in [2.05, 4.69) is 12.2 Å². The number of rotatable bonds is 8. The van der Waals surface area contributed by atoms with Crippen LogP contribution in [0.2, 0.25) is 0 Å². The largest absolute Gasteiger partial charge is 0.493 e. The van der Waals surface area contributed by atoms with Crippen LogP contribution in [0.5, 0.6) is 11.5 Å². The fourth-order valence-corrected chi connectivity index (χ4v) is 3.06. The van der Waals surface area contributed by atoms with Gasteiger partial charge in [0.15, 0.2) is 11.5 Å². The summed E-state index contributed by atoms with van der Waals surface area (Å²) in [6.07, 6.45) is 3.86. The Hall–Kier alpha value is -2.35. The number of benzene rings is 1. The molecule has 1 aliphatic rings. The third kappa shape index (κ3) is 5.08. The summed E-state index contributed by atoms with van der Waals surface area (Å²) < 4.78 is 15.6. The predicted molar refractivity (Wildman–Crippen MR) is 95.9 cm³/mol. The lowest BCUT2D eigenvalue weighted by molar-refractivity contribution is -0.385. The van der Waals surface area contributed by atoms with E-state index in [1.807, 2.05) is 0 Å². The molecule has 1 amide bonds. The molecule has 144 valence electrons. The van der Waals surface area contributed by atoms with Gasteiger partial charge in [-0.2, -0.15) is 0 Å². The first-order chi connectivity index (χ1) is 12.5. The van der Waals surface area contributed by atoms with E-state index in [9.17, 15) is 14.9 Å². The summed E-state index contributed by atoms with van der Waals surface area (Å²) in [4.78, 5) is 23.5. The molecule has 2 rings (SSSR count). The first kappa shape index (κ1) is 20.0. The van der Waals surface area contributed by atoms with Crippen LogP contribution in [-0.4, -0.2) is 44.3 Å². The molecule has 1 aromatic carbocycles. The maximum Gasteiger partial charge on any atom is 0.286 e. The number of hydrogen-bond acceptors (Lipinski definition) is 6. The average Bonchev–Trinajstić information content (AvgIpc) is 2.63. The lowest BCUT2D eigenvalue weighted by atomic mass is 9.87. The molecule has 0 aromatic heterocycles. The molecule has 0 aliphatic heterocycles. The number of amides is 1. The van der Waals surface area contributed by atoms with Crippen molar-refractivity contribution in [1.82, 2.24) is 5.32 Å². The number of nitro groups is 1. The fraction of sp³-hybridized carbons (Fsp3) is 0.611. The number of nitrogens with zero attached hydrogens (tertiary/aromatic N) is 1. The zero-order chi connectivity index (χ0) is 19.1. The Morgan fingerprint density at radius 1 is 1.19 bits per heavy atom. The van der Waals surface area contributed by atoms with Crippen molar-refractivity contribution in [3.63, 3.8) is 0 Å². The number of nitro benzene ring substituents is 1. The van der Waals surface area contributed by atoms with Gasteiger partial charge in [0.1, 0.15) is 12.2 Å². The van der Waals surface area contributed by atoms with Crippen LogP contribution < -0.4 is 14.8 Å². The highest BCUT2D eigenvalue weighted by Crippen LogP contribution is 2.35. The average molecular weight is 366 g/mol. The van der Waals surface area contributed by atoms with Gasteiger partial charge in [0.25, 0.3) is 11.6 Å². The lowest BCUT2D eigenvalue weighted by Gasteiger charge is -2.26. The van der Waals surface area contributed by atoms with Gasteiger partial charge in [-0.1, -0.05) is 6.92 Å². The van der Waals surface area contributed by atoms with Gasteiger partial charge in [0, 0.05) is 19.2 Å². The van der Waals surface area contributed by atoms with E-state index in [0.29, 0.717) is 12.5 Å². The molecule has 1 aliphatic carbocycles. The zero-order valence-corrected chi connectivity index (χ0v) is 15.4. The van der Waals surface area contributed by atoms with Crippen LogP contribution in [0.4, 0.5) is 5.69 Å². The van der Waals surface area contributed by atoms with Crippen molar-refractivity contribution in [2.75, 3.05) is 27.4 Å². The van der Waals surface area contributed by atoms with Gasteiger partial charge in [0.05, 0.1) is 24.7 Å². The molecule has 8 nitrogen and oxygen atoms in total. The van der Waals surface area contributed by atoms with Gasteiger partial charge in [-0.05, 0) is 31.6 Å². The van der Waals surface area contributed by atoms with E-state index in [0.717, 1.165) is 25.7 Å². The first-order valence-electron chi connectivity index (χ1n) is 8.75. The lowest BCUT2D eigenvalue weighted by Crippen LogP contribution is -2.37. The summed E-state index contributed by atoms with van der Waals surface area (Å²) >= 11 is 0. The molecule has 0 atom stereocenters. The van der Waals surface area contributed by atoms with Crippen LogP contribution in [0.3, 0.4) is 0 Å². The number of hydrogen-bond donors (Lipinski definition) is 1. The third-order valence-electron chi connectivity index (χ3n) is 4.62. The molecule has 26 heavy (non-hydrogen) atoms. The maximum absolute atomic E-state index is 12.6. The summed E-state index contributed by atoms with van der Waals surface area (Å²) in [5.74, 6) is 0.674. The van der Waals surface area contributed by atoms with Gasteiger partial charge in [-0.3, -0.25) is 14.9 Å². The van der Waals surface area contributed by atoms with Crippen molar-refractivity contribution in [3.05, 3.63) is 27.8 Å². The third-order valence-corrected chi connectivity index (χ3v) is 4.62. The predicted octanol–water partition coefficient (Wildman–Crippen LogP) is 2.94. The number of carbonyl (C=O) groups is 1. The highest BCUT2D eigenvalue weighted by atomic mass is 16.6. The minimum absolute atomic E-state index is 0.0236. The van der Waals surface area contributed by atoms with Crippen LogP contribution in [0.25, 0.3) is 0 Å². The van der Waals surface area contributed by atoms with Gasteiger partial charge in [0.2, 0.25) is 0 Å². The van der Waals surface area contributed by atoms with E-state index < -0.39 is 10.8 Å². The second kappa shape index (κ2) is 9.38. The van der Waals surface area contributed by atoms with Crippen molar-refractivity contribution in [2.24, 2.45) is 5.92 Å². The van der Waals surface area contributed by atoms with Crippen molar-refractivity contribution in [1.29, 1.82) is 0 Å². The Balaban J connectivity index is 2.22. The van der Waals surface area contributed by atoms with E-state index >= 15 is 0 Å². The summed E-state index contributed by atoms with van der Waals surface area (Å²) in [6.45, 7) is 2.74. The van der Waals surface area contributed by atoms with Crippen LogP contribution in [0.1, 0.15) is 43.0 Å². The van der Waals surface area contributed by atoms with E-state index in [-0.39, 0.29) is 35.4 Å². The topological polar surface area (TPSA) is 99.9 Å². The molecule has 0 heterocycles. The molecule has 1 fully saturated rings. The Kier molecular flexibility index (Phi) is 7.20. The molecule has 8 heteroatoms. The van der Waals surface area contributed by atoms with Crippen LogP contribution in [-0.2, 0) is 4.74 Å². The van der Waals surface area contributed by atoms with Crippen LogP contribution >= 0.6 is 0 Å². The van der Waals surface area contributed by atoms with E-state index in [1.54, 1.807) is 0 Å². The Bertz CT molecular complexity index is 641. The highest BCUT2D eigenvalue weighted by molar-refractivity contribution is 5.99. The molecular formula is C18H26N2O6. The summed E-state index contributed by atoms with van der Waals surface area (Å²) in [5, 5.41) is 14.4. The summed E-state index contributed by atoms with van der Waals surface area (Å²) in [7, 11) is 2.96. The molecule has 0 unspecified atom stereocenters. The van der Waals surface area contributed by atoms with E-state index in [1.165, 1.54) is 26.4 Å². The molecule has 0 radical (unpaired) electrons. The Morgan fingerprint density at radius 3 is 2.46 bits per heavy atom. The molecule has 0 saturated heterocycles. The first-order valence-corrected chi connectivity index (χ1v) is 8.75. The van der Waals surface area contributed by atoms with Crippen molar-refractivity contribution < 1.29 is 23.9 Å². The van der Waals surface area contributed by atoms with Gasteiger partial charge < -0.3 is 19.5 Å². The van der Waals surface area contributed by atoms with Crippen LogP contribution in [0.15, 0.2) is 12.1 Å². The summed E-state index contributed by atoms with van der Waals surface area (Å²) in [5.41, 5.74) is -0.329. The standard InChI is InChI=1S/C18H26N2O6/c1-12-4-6-13(7-5-12)19-18(21)14-10-16(25-3)17(26-9-8-24-2)11-15(14)20(22)23/h10-13H,4-9H2,1-3H3,(H,19,21). The number of methoxy groups -OCH3 is 2. The van der Waals surface area contributed by atoms with Crippen molar-refractivity contribution in [2.45, 2.75) is 38.6 Å². The second-order valence-electron chi connectivity index (χ2n) is 6.55. The van der Waals surface area contributed by atoms with Crippen molar-refractivity contribution in [3.8, 4) is 11.5 Å². The van der Waals surface area contributed by atoms with E-state index in [4.69, 9.17) is 14.2 Å². The number of nitrogens with one attached hydrogen (secondary N) is 1. The second-order valence-corrected chi connectivity index (χ2v) is 6.55. The molecular weight excluding hydrogens is 340 g/mol. The monoisotopic (exact) mass is 366 g/mol. The Labute approximate surface area is 153 Å². The minimum atomic E-state index is -0.583. The smallest absolute Gasteiger partial charge is 0.286 e. The number of ether oxygens (including phenoxy) is 3. The van der Waals surface area contributed by atoms with Gasteiger partial charge in [-0.25, -0.2) is 0 Å². The maximum atomic E-state index is 12.6. The number of carbonyl (C=O) groups excluding carboxylic acids is 1. The fourth-order valence-electron chi connectivity index (χ4n) is 3.06. The van der Waals surface area contributed by atoms with Crippen molar-refractivity contribution >= 4 is 11.6 Å². The molecule has 1 saturated carbocycles. The van der Waals surface area contributed by atoms with Crippen LogP contribution in [0, 0.1) is 16.0 Å². The molecule has 1 N–H and O–H groups in total. The SMILES string of the molecule is COCCOc1cc([N+](=O)[O-])c(C(=O)NC2CCC(C)CC2)cc1OC. The minimum Gasteiger partial charge on any atom is -0.493 e. The normalized spacial score (nSPS) is 19.7.